The Morgan fingerprint density at radius 1 is 1.16 bits per heavy atom. The number of allylic oxidation sites excluding steroid dienone is 2. The van der Waals surface area contributed by atoms with Crippen molar-refractivity contribution < 1.29 is 14.6 Å². The third-order valence-electron chi connectivity index (χ3n) is 8.63. The molecular formula is C28H43N7O3. The molecule has 3 atom stereocenters. The Labute approximate surface area is 226 Å². The van der Waals surface area contributed by atoms with Crippen LogP contribution in [0.5, 0.6) is 0 Å². The minimum Gasteiger partial charge on any atom is -0.499 e. The number of aliphatic hydroxyl groups is 1. The van der Waals surface area contributed by atoms with Gasteiger partial charge >= 0.3 is 0 Å². The van der Waals surface area contributed by atoms with Crippen LogP contribution in [-0.2, 0) is 9.53 Å². The number of likely N-dealkylation sites (tertiary alicyclic amines) is 1. The van der Waals surface area contributed by atoms with Crippen LogP contribution in [0.4, 0.5) is 17.5 Å². The number of nitrogens with zero attached hydrogens (tertiary/aromatic N) is 5. The zero-order chi connectivity index (χ0) is 26.8. The molecule has 10 heteroatoms. The summed E-state index contributed by atoms with van der Waals surface area (Å²) in [6.45, 7) is 4.75. The smallest absolute Gasteiger partial charge is 0.231 e. The van der Waals surface area contributed by atoms with Crippen molar-refractivity contribution in [2.45, 2.75) is 70.2 Å². The lowest BCUT2D eigenvalue weighted by molar-refractivity contribution is -0.121. The SMILES string of the molecule is COC1=C(Nc2ncc3c(n2)N(C2CCCC2)CC(C)C(=O)N3C)C=CC(C(O)NC2CCN(C)CC2)C1. The van der Waals surface area contributed by atoms with Gasteiger partial charge in [-0.25, -0.2) is 4.98 Å². The third kappa shape index (κ3) is 5.67. The van der Waals surface area contributed by atoms with Gasteiger partial charge in [-0.2, -0.15) is 4.98 Å². The van der Waals surface area contributed by atoms with E-state index in [0.717, 1.165) is 61.7 Å². The number of hydrogen-bond donors (Lipinski definition) is 3. The van der Waals surface area contributed by atoms with E-state index in [1.807, 2.05) is 26.1 Å². The second kappa shape index (κ2) is 11.6. The largest absolute Gasteiger partial charge is 0.499 e. The van der Waals surface area contributed by atoms with Gasteiger partial charge in [-0.3, -0.25) is 10.1 Å². The van der Waals surface area contributed by atoms with E-state index >= 15 is 0 Å². The van der Waals surface area contributed by atoms with Gasteiger partial charge in [0, 0.05) is 38.0 Å². The average Bonchev–Trinajstić information content (AvgIpc) is 3.44. The summed E-state index contributed by atoms with van der Waals surface area (Å²) in [5, 5.41) is 17.7. The number of carbonyl (C=O) groups excluding carboxylic acids is 1. The summed E-state index contributed by atoms with van der Waals surface area (Å²) in [4.78, 5) is 28.8. The van der Waals surface area contributed by atoms with Crippen molar-refractivity contribution in [1.29, 1.82) is 0 Å². The molecule has 0 spiro atoms. The van der Waals surface area contributed by atoms with Crippen LogP contribution in [0.2, 0.25) is 0 Å². The first kappa shape index (κ1) is 26.9. The summed E-state index contributed by atoms with van der Waals surface area (Å²) >= 11 is 0. The molecule has 3 unspecified atom stereocenters. The first-order valence-electron chi connectivity index (χ1n) is 14.1. The minimum absolute atomic E-state index is 0.0814. The Balaban J connectivity index is 1.32. The molecule has 0 aromatic carbocycles. The molecule has 3 heterocycles. The van der Waals surface area contributed by atoms with Crippen LogP contribution in [0, 0.1) is 11.8 Å². The van der Waals surface area contributed by atoms with Crippen LogP contribution in [0.15, 0.2) is 29.8 Å². The topological polar surface area (TPSA) is 106 Å². The number of hydrogen-bond acceptors (Lipinski definition) is 9. The lowest BCUT2D eigenvalue weighted by Crippen LogP contribution is -2.47. The van der Waals surface area contributed by atoms with Gasteiger partial charge in [0.2, 0.25) is 11.9 Å². The van der Waals surface area contributed by atoms with Gasteiger partial charge in [-0.15, -0.1) is 0 Å². The molecule has 2 aliphatic carbocycles. The standard InChI is InChI=1S/C28H43N7O3/c1-18-17-35(21-7-5-6-8-21)25-23(34(3)27(18)37)16-29-28(32-25)31-22-10-9-19(15-24(22)38-4)26(36)30-20-11-13-33(2)14-12-20/h9-10,16,18-21,26,30,36H,5-8,11-15,17H2,1-4H3,(H,29,31,32). The summed E-state index contributed by atoms with van der Waals surface area (Å²) < 4.78 is 5.74. The highest BCUT2D eigenvalue weighted by molar-refractivity contribution is 5.98. The quantitative estimate of drug-likeness (QED) is 0.463. The molecule has 3 N–H and O–H groups in total. The Bertz CT molecular complexity index is 1060. The van der Waals surface area contributed by atoms with Crippen molar-refractivity contribution in [1.82, 2.24) is 20.2 Å². The first-order chi connectivity index (χ1) is 18.3. The van der Waals surface area contributed by atoms with E-state index in [4.69, 9.17) is 9.72 Å². The number of carbonyl (C=O) groups is 1. The van der Waals surface area contributed by atoms with Gasteiger partial charge < -0.3 is 29.9 Å². The molecule has 38 heavy (non-hydrogen) atoms. The number of methoxy groups -OCH3 is 1. The molecule has 0 radical (unpaired) electrons. The summed E-state index contributed by atoms with van der Waals surface area (Å²) in [7, 11) is 5.61. The van der Waals surface area contributed by atoms with Gasteiger partial charge in [0.05, 0.1) is 24.9 Å². The molecule has 1 aromatic rings. The number of ether oxygens (including phenoxy) is 1. The lowest BCUT2D eigenvalue weighted by Gasteiger charge is -2.34. The van der Waals surface area contributed by atoms with E-state index < -0.39 is 6.23 Å². The Hall–Kier alpha value is -2.69. The van der Waals surface area contributed by atoms with Gasteiger partial charge in [0.1, 0.15) is 17.7 Å². The normalized spacial score (nSPS) is 26.5. The number of rotatable bonds is 7. The van der Waals surface area contributed by atoms with E-state index in [2.05, 4.69) is 32.5 Å². The lowest BCUT2D eigenvalue weighted by atomic mass is 9.94. The average molecular weight is 526 g/mol. The first-order valence-corrected chi connectivity index (χ1v) is 14.1. The van der Waals surface area contributed by atoms with Crippen molar-refractivity contribution in [2.24, 2.45) is 11.8 Å². The second-order valence-corrected chi connectivity index (χ2v) is 11.4. The Morgan fingerprint density at radius 2 is 1.89 bits per heavy atom. The molecule has 0 bridgehead atoms. The van der Waals surface area contributed by atoms with Gasteiger partial charge in [-0.05, 0) is 51.9 Å². The van der Waals surface area contributed by atoms with E-state index in [0.29, 0.717) is 31.0 Å². The predicted octanol–water partition coefficient (Wildman–Crippen LogP) is 2.69. The summed E-state index contributed by atoms with van der Waals surface area (Å²) in [6, 6.07) is 0.716. The van der Waals surface area contributed by atoms with Crippen molar-refractivity contribution in [2.75, 3.05) is 56.0 Å². The fraction of sp³-hybridized carbons (Fsp3) is 0.679. The van der Waals surface area contributed by atoms with Gasteiger partial charge in [-0.1, -0.05) is 25.8 Å². The van der Waals surface area contributed by atoms with Gasteiger partial charge in [0.15, 0.2) is 5.82 Å². The highest BCUT2D eigenvalue weighted by Crippen LogP contribution is 2.37. The minimum atomic E-state index is -0.634. The molecule has 4 aliphatic rings. The summed E-state index contributed by atoms with van der Waals surface area (Å²) in [5.41, 5.74) is 1.54. The summed E-state index contributed by atoms with van der Waals surface area (Å²) in [6.07, 6.45) is 12.4. The number of aromatic nitrogens is 2. The third-order valence-corrected chi connectivity index (χ3v) is 8.63. The number of fused-ring (bicyclic) bond motifs is 1. The highest BCUT2D eigenvalue weighted by atomic mass is 16.5. The maximum atomic E-state index is 12.9. The molecule has 2 fully saturated rings. The number of amides is 1. The molecule has 1 saturated carbocycles. The molecule has 1 aromatic heterocycles. The van der Waals surface area contributed by atoms with Gasteiger partial charge in [0.25, 0.3) is 0 Å². The molecule has 1 amide bonds. The van der Waals surface area contributed by atoms with E-state index in [9.17, 15) is 9.90 Å². The van der Waals surface area contributed by atoms with E-state index in [-0.39, 0.29) is 17.7 Å². The number of anilines is 3. The predicted molar refractivity (Wildman–Crippen MR) is 149 cm³/mol. The summed E-state index contributed by atoms with van der Waals surface area (Å²) in [5.74, 6) is 1.94. The number of aliphatic hydroxyl groups excluding tert-OH is 1. The Kier molecular flexibility index (Phi) is 8.20. The zero-order valence-corrected chi connectivity index (χ0v) is 23.2. The second-order valence-electron chi connectivity index (χ2n) is 11.4. The molecule has 2 aliphatic heterocycles. The molecular weight excluding hydrogens is 482 g/mol. The monoisotopic (exact) mass is 525 g/mol. The fourth-order valence-electron chi connectivity index (χ4n) is 6.21. The Morgan fingerprint density at radius 3 is 2.61 bits per heavy atom. The maximum absolute atomic E-state index is 12.9. The zero-order valence-electron chi connectivity index (χ0n) is 23.2. The molecule has 5 rings (SSSR count). The number of piperidine rings is 1. The maximum Gasteiger partial charge on any atom is 0.231 e. The molecule has 10 nitrogen and oxygen atoms in total. The van der Waals surface area contributed by atoms with Crippen LogP contribution < -0.4 is 20.4 Å². The van der Waals surface area contributed by atoms with Crippen molar-refractivity contribution in [3.05, 3.63) is 29.8 Å². The molecule has 208 valence electrons. The van der Waals surface area contributed by atoms with Crippen molar-refractivity contribution >= 4 is 23.4 Å². The number of nitrogens with one attached hydrogen (secondary N) is 2. The van der Waals surface area contributed by atoms with E-state index in [1.54, 1.807) is 18.2 Å². The van der Waals surface area contributed by atoms with Crippen molar-refractivity contribution in [3.8, 4) is 0 Å². The van der Waals surface area contributed by atoms with Crippen LogP contribution >= 0.6 is 0 Å². The van der Waals surface area contributed by atoms with Crippen LogP contribution in [0.1, 0.15) is 51.9 Å². The van der Waals surface area contributed by atoms with Crippen LogP contribution in [0.25, 0.3) is 0 Å². The fourth-order valence-corrected chi connectivity index (χ4v) is 6.21. The van der Waals surface area contributed by atoms with Crippen LogP contribution in [0.3, 0.4) is 0 Å². The van der Waals surface area contributed by atoms with Crippen LogP contribution in [-0.4, -0.2) is 85.0 Å². The highest BCUT2D eigenvalue weighted by Gasteiger charge is 2.35. The van der Waals surface area contributed by atoms with Crippen molar-refractivity contribution in [3.63, 3.8) is 0 Å². The molecule has 1 saturated heterocycles. The van der Waals surface area contributed by atoms with E-state index in [1.165, 1.54) is 12.8 Å².